The number of methoxy groups -OCH3 is 2. The van der Waals surface area contributed by atoms with Crippen molar-refractivity contribution < 1.29 is 30.8 Å². The lowest BCUT2D eigenvalue weighted by Crippen LogP contribution is -2.32. The number of allylic oxidation sites excluding steroid dienone is 2. The van der Waals surface area contributed by atoms with E-state index in [4.69, 9.17) is 16.3 Å². The van der Waals surface area contributed by atoms with Gasteiger partial charge in [0.05, 0.1) is 41.7 Å². The molecular weight excluding hydrogens is 328 g/mol. The molecule has 0 amide bonds. The number of carbonyl (C=O) groups excluding carboxylic acids is 2. The second-order valence-corrected chi connectivity index (χ2v) is 4.96. The Morgan fingerprint density at radius 2 is 1.64 bits per heavy atom. The number of para-hydroxylation sites is 1. The summed E-state index contributed by atoms with van der Waals surface area (Å²) in [6, 6.07) is -3.73. The van der Waals surface area contributed by atoms with Crippen molar-refractivity contribution in [2.75, 3.05) is 14.2 Å². The van der Waals surface area contributed by atoms with E-state index in [1.807, 2.05) is 0 Å². The van der Waals surface area contributed by atoms with Crippen molar-refractivity contribution in [3.63, 3.8) is 0 Å². The van der Waals surface area contributed by atoms with Crippen molar-refractivity contribution in [2.24, 2.45) is 0 Å². The monoisotopic (exact) mass is 351 g/mol. The maximum atomic E-state index is 12.6. The highest BCUT2D eigenvalue weighted by Crippen LogP contribution is 2.42. The Kier molecular flexibility index (Phi) is 3.51. The second kappa shape index (κ2) is 7.16. The minimum absolute atomic E-state index is 0.0173. The van der Waals surface area contributed by atoms with E-state index in [0.717, 1.165) is 14.2 Å². The quantitative estimate of drug-likeness (QED) is 0.503. The fraction of sp³-hybridized carbons (Fsp3) is 0.294. The number of nitro benzene ring substituents is 1. The molecule has 1 aromatic carbocycles. The molecule has 8 nitrogen and oxygen atoms in total. The maximum Gasteiger partial charge on any atom is 0.336 e. The van der Waals surface area contributed by atoms with Gasteiger partial charge in [-0.25, -0.2) is 9.59 Å². The third-order valence-electron chi connectivity index (χ3n) is 3.50. The predicted octanol–water partition coefficient (Wildman–Crippen LogP) is 2.18. The largest absolute Gasteiger partial charge is 0.466 e. The summed E-state index contributed by atoms with van der Waals surface area (Å²) in [5, 5.41) is 14.5. The van der Waals surface area contributed by atoms with Crippen molar-refractivity contribution in [2.45, 2.75) is 19.7 Å². The Balaban J connectivity index is 3.20. The van der Waals surface area contributed by atoms with Crippen molar-refractivity contribution in [3.8, 4) is 0 Å². The van der Waals surface area contributed by atoms with E-state index in [0.29, 0.717) is 0 Å². The van der Waals surface area contributed by atoms with Gasteiger partial charge in [-0.3, -0.25) is 10.1 Å². The highest BCUT2D eigenvalue weighted by Gasteiger charge is 2.40. The van der Waals surface area contributed by atoms with E-state index >= 15 is 0 Å². The Labute approximate surface area is 151 Å². The number of dihydropyridines is 1. The van der Waals surface area contributed by atoms with Crippen LogP contribution in [0.5, 0.6) is 0 Å². The number of rotatable bonds is 4. The topological polar surface area (TPSA) is 108 Å². The van der Waals surface area contributed by atoms with Gasteiger partial charge in [-0.1, -0.05) is 18.1 Å². The van der Waals surface area contributed by atoms with E-state index in [9.17, 15) is 19.7 Å². The number of esters is 2. The molecular formula is C17H18N2O6. The van der Waals surface area contributed by atoms with Crippen LogP contribution in [0.1, 0.15) is 32.2 Å². The normalized spacial score (nSPS) is 19.0. The molecule has 0 bridgehead atoms. The van der Waals surface area contributed by atoms with Gasteiger partial charge < -0.3 is 14.8 Å². The van der Waals surface area contributed by atoms with Crippen LogP contribution in [0.25, 0.3) is 0 Å². The molecule has 0 atom stereocenters. The molecule has 0 radical (unpaired) electrons. The van der Waals surface area contributed by atoms with E-state index in [2.05, 4.69) is 5.32 Å². The lowest BCUT2D eigenvalue weighted by molar-refractivity contribution is -0.385. The number of hydrogen-bond acceptors (Lipinski definition) is 7. The lowest BCUT2D eigenvalue weighted by atomic mass is 9.79. The molecule has 25 heavy (non-hydrogen) atoms. The zero-order valence-corrected chi connectivity index (χ0v) is 13.9. The van der Waals surface area contributed by atoms with Crippen molar-refractivity contribution in [3.05, 3.63) is 62.4 Å². The third-order valence-corrected chi connectivity index (χ3v) is 3.50. The van der Waals surface area contributed by atoms with Crippen LogP contribution >= 0.6 is 0 Å². The van der Waals surface area contributed by atoms with Gasteiger partial charge in [0.25, 0.3) is 5.69 Å². The molecule has 0 aromatic heterocycles. The van der Waals surface area contributed by atoms with Gasteiger partial charge in [-0.15, -0.1) is 0 Å². The van der Waals surface area contributed by atoms with Gasteiger partial charge in [0.1, 0.15) is 0 Å². The summed E-state index contributed by atoms with van der Waals surface area (Å²) in [5.41, 5.74) is -3.08. The number of ether oxygens (including phenoxy) is 2. The fourth-order valence-corrected chi connectivity index (χ4v) is 2.49. The standard InChI is InChI=1S/C17H18N2O6/c1-9-13(16(20)24-3)15(14(10(2)18-9)17(21)25-4)11-7-5-6-8-12(11)19(22)23/h5-8,15,18H,1-4H3/i5D,6D,7D,8D,15D. The number of nitrogens with zero attached hydrogens (tertiary/aromatic N) is 1. The lowest BCUT2D eigenvalue weighted by Gasteiger charge is -2.29. The SMILES string of the molecule is [2H]c1c([2H])c([2H])c(C2([2H])C(C(=O)OC)=C(C)NC(C)=C2C(=O)OC)c([N+](=O)[O-])c1[2H]. The molecule has 1 aromatic rings. The summed E-state index contributed by atoms with van der Waals surface area (Å²) < 4.78 is 50.4. The van der Waals surface area contributed by atoms with Crippen LogP contribution in [-0.2, 0) is 19.1 Å². The highest BCUT2D eigenvalue weighted by molar-refractivity contribution is 6.00. The molecule has 1 heterocycles. The summed E-state index contributed by atoms with van der Waals surface area (Å²) in [6.07, 6.45) is 0. The van der Waals surface area contributed by atoms with Gasteiger partial charge >= 0.3 is 11.9 Å². The van der Waals surface area contributed by atoms with Crippen LogP contribution in [0, 0.1) is 10.1 Å². The van der Waals surface area contributed by atoms with E-state index in [1.54, 1.807) is 0 Å². The van der Waals surface area contributed by atoms with Gasteiger partial charge in [-0.05, 0) is 13.8 Å². The van der Waals surface area contributed by atoms with Crippen LogP contribution in [0.3, 0.4) is 0 Å². The first-order valence-electron chi connectivity index (χ1n) is 9.47. The molecule has 0 aliphatic carbocycles. The molecule has 1 aliphatic heterocycles. The Morgan fingerprint density at radius 1 is 1.16 bits per heavy atom. The molecule has 8 heteroatoms. The maximum absolute atomic E-state index is 12.6. The molecule has 132 valence electrons. The molecule has 1 N–H and O–H groups in total. The molecule has 1 aliphatic rings. The number of hydrogen-bond donors (Lipinski definition) is 1. The summed E-state index contributed by atoms with van der Waals surface area (Å²) in [4.78, 5) is 35.9. The van der Waals surface area contributed by atoms with E-state index in [1.165, 1.54) is 13.8 Å². The first-order valence-corrected chi connectivity index (χ1v) is 6.97. The second-order valence-electron chi connectivity index (χ2n) is 4.96. The predicted molar refractivity (Wildman–Crippen MR) is 88.4 cm³/mol. The number of nitrogens with one attached hydrogen (secondary N) is 1. The average Bonchev–Trinajstić information content (AvgIpc) is 2.67. The Bertz CT molecular complexity index is 1010. The van der Waals surface area contributed by atoms with Gasteiger partial charge in [0.2, 0.25) is 0 Å². The third kappa shape index (κ3) is 3.23. The summed E-state index contributed by atoms with van der Waals surface area (Å²) in [6.45, 7) is 2.73. The minimum atomic E-state index is -2.72. The van der Waals surface area contributed by atoms with E-state index in [-0.39, 0.29) is 11.4 Å². The number of nitro groups is 1. The van der Waals surface area contributed by atoms with Crippen molar-refractivity contribution >= 4 is 17.6 Å². The van der Waals surface area contributed by atoms with Crippen LogP contribution in [0.2, 0.25) is 0 Å². The van der Waals surface area contributed by atoms with Crippen LogP contribution in [0.4, 0.5) is 5.69 Å². The fourth-order valence-electron chi connectivity index (χ4n) is 2.49. The summed E-state index contributed by atoms with van der Waals surface area (Å²) in [7, 11) is 2.00. The van der Waals surface area contributed by atoms with E-state index < -0.39 is 69.3 Å². The Morgan fingerprint density at radius 3 is 2.08 bits per heavy atom. The number of benzene rings is 1. The Hall–Kier alpha value is -3.16. The highest BCUT2D eigenvalue weighted by atomic mass is 16.6. The summed E-state index contributed by atoms with van der Waals surface area (Å²) >= 11 is 0. The van der Waals surface area contributed by atoms with Crippen LogP contribution in [-0.4, -0.2) is 31.1 Å². The first kappa shape index (κ1) is 12.2. The first-order chi connectivity index (χ1) is 13.9. The molecule has 0 saturated carbocycles. The molecule has 0 spiro atoms. The average molecular weight is 351 g/mol. The molecule has 0 fully saturated rings. The van der Waals surface area contributed by atoms with Gasteiger partial charge in [-0.2, -0.15) is 0 Å². The van der Waals surface area contributed by atoms with Crippen molar-refractivity contribution in [1.29, 1.82) is 0 Å². The van der Waals surface area contributed by atoms with Crippen LogP contribution in [0.15, 0.2) is 46.7 Å². The minimum Gasteiger partial charge on any atom is -0.466 e. The van der Waals surface area contributed by atoms with Gasteiger partial charge in [0, 0.05) is 24.4 Å². The molecule has 2 rings (SSSR count). The molecule has 0 saturated heterocycles. The smallest absolute Gasteiger partial charge is 0.336 e. The van der Waals surface area contributed by atoms with Crippen LogP contribution < -0.4 is 5.32 Å². The zero-order valence-electron chi connectivity index (χ0n) is 18.9. The molecule has 0 unspecified atom stereocenters. The summed E-state index contributed by atoms with van der Waals surface area (Å²) in [5.74, 6) is -4.96. The van der Waals surface area contributed by atoms with Gasteiger partial charge in [0.15, 0.2) is 0 Å². The number of carbonyl (C=O) groups is 2. The zero-order chi connectivity index (χ0) is 23.1. The van der Waals surface area contributed by atoms with Crippen molar-refractivity contribution in [1.82, 2.24) is 5.32 Å².